The molecule has 0 unspecified atom stereocenters. The van der Waals surface area contributed by atoms with Crippen LogP contribution in [0.4, 0.5) is 5.69 Å². The Bertz CT molecular complexity index is 531. The fraction of sp³-hybridized carbons (Fsp3) is 0.647. The molecule has 4 heteroatoms. The number of benzene rings is 1. The minimum Gasteiger partial charge on any atom is -0.487 e. The van der Waals surface area contributed by atoms with Crippen LogP contribution in [-0.2, 0) is 5.41 Å². The predicted octanol–water partition coefficient (Wildman–Crippen LogP) is 4.99. The molecule has 0 spiro atoms. The molecule has 1 aromatic rings. The Morgan fingerprint density at radius 3 is 2.24 bits per heavy atom. The molecule has 0 atom stereocenters. The normalized spacial score (nSPS) is 18.7. The average Bonchev–Trinajstić information content (AvgIpc) is 2.53. The molecule has 0 radical (unpaired) electrons. The van der Waals surface area contributed by atoms with Crippen LogP contribution >= 0.6 is 0 Å². The third-order valence-corrected chi connectivity index (χ3v) is 5.37. The summed E-state index contributed by atoms with van der Waals surface area (Å²) in [5.41, 5.74) is 1.00. The van der Waals surface area contributed by atoms with Crippen molar-refractivity contribution in [3.05, 3.63) is 33.9 Å². The predicted molar refractivity (Wildman–Crippen MR) is 83.9 cm³/mol. The third kappa shape index (κ3) is 2.52. The van der Waals surface area contributed by atoms with Gasteiger partial charge in [0.25, 0.3) is 5.69 Å². The van der Waals surface area contributed by atoms with E-state index in [0.29, 0.717) is 0 Å². The maximum Gasteiger partial charge on any atom is 0.269 e. The number of rotatable bonds is 5. The van der Waals surface area contributed by atoms with Gasteiger partial charge in [0.15, 0.2) is 0 Å². The van der Waals surface area contributed by atoms with Gasteiger partial charge in [-0.1, -0.05) is 27.7 Å². The van der Waals surface area contributed by atoms with Gasteiger partial charge in [-0.3, -0.25) is 10.1 Å². The van der Waals surface area contributed by atoms with Crippen LogP contribution in [0.25, 0.3) is 0 Å². The number of nitro groups is 1. The van der Waals surface area contributed by atoms with Gasteiger partial charge in [-0.2, -0.15) is 0 Å². The van der Waals surface area contributed by atoms with E-state index in [1.807, 2.05) is 0 Å². The average molecular weight is 291 g/mol. The fourth-order valence-corrected chi connectivity index (χ4v) is 3.64. The smallest absolute Gasteiger partial charge is 0.269 e. The quantitative estimate of drug-likeness (QED) is 0.567. The lowest BCUT2D eigenvalue weighted by Gasteiger charge is -2.48. The standard InChI is InChI=1S/C17H25NO3/c1-5-16(6-2)12-17(7-3,8-4)21-15-10-9-13(18(19)20)11-14(15)16/h9-11H,5-8,12H2,1-4H3. The van der Waals surface area contributed by atoms with Crippen LogP contribution in [0.3, 0.4) is 0 Å². The van der Waals surface area contributed by atoms with Gasteiger partial charge in [-0.25, -0.2) is 0 Å². The van der Waals surface area contributed by atoms with E-state index in [1.54, 1.807) is 18.2 Å². The van der Waals surface area contributed by atoms with Gasteiger partial charge in [0.2, 0.25) is 0 Å². The molecule has 0 saturated carbocycles. The minimum absolute atomic E-state index is 0.0222. The van der Waals surface area contributed by atoms with Crippen molar-refractivity contribution in [1.82, 2.24) is 0 Å². The van der Waals surface area contributed by atoms with Gasteiger partial charge in [0.1, 0.15) is 11.4 Å². The van der Waals surface area contributed by atoms with Crippen molar-refractivity contribution in [2.75, 3.05) is 0 Å². The Morgan fingerprint density at radius 1 is 1.14 bits per heavy atom. The van der Waals surface area contributed by atoms with E-state index in [9.17, 15) is 10.1 Å². The van der Waals surface area contributed by atoms with E-state index in [2.05, 4.69) is 27.7 Å². The Labute approximate surface area is 126 Å². The summed E-state index contributed by atoms with van der Waals surface area (Å²) >= 11 is 0. The van der Waals surface area contributed by atoms with Crippen molar-refractivity contribution >= 4 is 5.69 Å². The number of ether oxygens (including phenoxy) is 1. The molecular formula is C17H25NO3. The van der Waals surface area contributed by atoms with Crippen LogP contribution in [0.1, 0.15) is 65.4 Å². The van der Waals surface area contributed by atoms with Gasteiger partial charge in [-0.05, 0) is 38.2 Å². The molecule has 0 saturated heterocycles. The lowest BCUT2D eigenvalue weighted by atomic mass is 9.65. The van der Waals surface area contributed by atoms with Crippen molar-refractivity contribution in [3.8, 4) is 5.75 Å². The maximum atomic E-state index is 11.1. The largest absolute Gasteiger partial charge is 0.487 e. The Hall–Kier alpha value is -1.58. The van der Waals surface area contributed by atoms with E-state index in [4.69, 9.17) is 4.74 Å². The highest BCUT2D eigenvalue weighted by atomic mass is 16.6. The van der Waals surface area contributed by atoms with Crippen LogP contribution < -0.4 is 4.74 Å². The number of nitro benzene ring substituents is 1. The van der Waals surface area contributed by atoms with Gasteiger partial charge in [-0.15, -0.1) is 0 Å². The summed E-state index contributed by atoms with van der Waals surface area (Å²) < 4.78 is 6.29. The highest BCUT2D eigenvalue weighted by Crippen LogP contribution is 2.51. The molecule has 1 aliphatic heterocycles. The maximum absolute atomic E-state index is 11.1. The third-order valence-electron chi connectivity index (χ3n) is 5.37. The van der Waals surface area contributed by atoms with Gasteiger partial charge in [0, 0.05) is 23.1 Å². The van der Waals surface area contributed by atoms with E-state index >= 15 is 0 Å². The van der Waals surface area contributed by atoms with Crippen molar-refractivity contribution in [2.24, 2.45) is 0 Å². The highest BCUT2D eigenvalue weighted by Gasteiger charge is 2.46. The van der Waals surface area contributed by atoms with E-state index < -0.39 is 0 Å². The summed E-state index contributed by atoms with van der Waals surface area (Å²) in [4.78, 5) is 10.8. The topological polar surface area (TPSA) is 52.4 Å². The lowest BCUT2D eigenvalue weighted by Crippen LogP contribution is -2.47. The van der Waals surface area contributed by atoms with Crippen molar-refractivity contribution in [1.29, 1.82) is 0 Å². The van der Waals surface area contributed by atoms with Crippen LogP contribution in [0.5, 0.6) is 5.75 Å². The summed E-state index contributed by atoms with van der Waals surface area (Å²) in [5, 5.41) is 11.1. The van der Waals surface area contributed by atoms with Crippen molar-refractivity contribution in [2.45, 2.75) is 70.8 Å². The van der Waals surface area contributed by atoms with E-state index in [0.717, 1.165) is 43.4 Å². The molecular weight excluding hydrogens is 266 g/mol. The second-order valence-electron chi connectivity index (χ2n) is 6.09. The van der Waals surface area contributed by atoms with Crippen molar-refractivity contribution in [3.63, 3.8) is 0 Å². The SMILES string of the molecule is CCC1(CC)CC(CC)(CC)c2cc([N+](=O)[O-])ccc2O1. The number of hydrogen-bond donors (Lipinski definition) is 0. The molecule has 0 aromatic heterocycles. The molecule has 1 aliphatic rings. The molecule has 116 valence electrons. The number of nitrogens with zero attached hydrogens (tertiary/aromatic N) is 1. The summed E-state index contributed by atoms with van der Waals surface area (Å²) in [5.74, 6) is 0.833. The zero-order valence-electron chi connectivity index (χ0n) is 13.4. The number of fused-ring (bicyclic) bond motifs is 1. The molecule has 2 rings (SSSR count). The first-order valence-corrected chi connectivity index (χ1v) is 7.93. The molecule has 0 amide bonds. The van der Waals surface area contributed by atoms with Crippen LogP contribution in [-0.4, -0.2) is 10.5 Å². The van der Waals surface area contributed by atoms with E-state index in [-0.39, 0.29) is 21.6 Å². The summed E-state index contributed by atoms with van der Waals surface area (Å²) in [6, 6.07) is 5.06. The summed E-state index contributed by atoms with van der Waals surface area (Å²) in [6.45, 7) is 8.67. The van der Waals surface area contributed by atoms with Gasteiger partial charge < -0.3 is 4.74 Å². The first-order valence-electron chi connectivity index (χ1n) is 7.93. The molecule has 4 nitrogen and oxygen atoms in total. The fourth-order valence-electron chi connectivity index (χ4n) is 3.64. The molecule has 0 bridgehead atoms. The van der Waals surface area contributed by atoms with Crippen molar-refractivity contribution < 1.29 is 9.66 Å². The monoisotopic (exact) mass is 291 g/mol. The second-order valence-corrected chi connectivity index (χ2v) is 6.09. The summed E-state index contributed by atoms with van der Waals surface area (Å²) in [6.07, 6.45) is 4.81. The minimum atomic E-state index is -0.322. The van der Waals surface area contributed by atoms with E-state index in [1.165, 1.54) is 0 Å². The number of hydrogen-bond acceptors (Lipinski definition) is 3. The lowest BCUT2D eigenvalue weighted by molar-refractivity contribution is -0.385. The zero-order chi connectivity index (χ0) is 15.7. The summed E-state index contributed by atoms with van der Waals surface area (Å²) in [7, 11) is 0. The molecule has 1 heterocycles. The van der Waals surface area contributed by atoms with Crippen LogP contribution in [0, 0.1) is 10.1 Å². The van der Waals surface area contributed by atoms with Crippen LogP contribution in [0.15, 0.2) is 18.2 Å². The van der Waals surface area contributed by atoms with Gasteiger partial charge >= 0.3 is 0 Å². The Kier molecular flexibility index (Phi) is 4.26. The molecule has 0 fully saturated rings. The highest BCUT2D eigenvalue weighted by molar-refractivity contribution is 5.50. The van der Waals surface area contributed by atoms with Gasteiger partial charge in [0.05, 0.1) is 4.92 Å². The first kappa shape index (κ1) is 15.8. The Morgan fingerprint density at radius 2 is 1.76 bits per heavy atom. The molecule has 0 aliphatic carbocycles. The molecule has 21 heavy (non-hydrogen) atoms. The first-order chi connectivity index (χ1) is 9.95. The molecule has 1 aromatic carbocycles. The number of non-ortho nitro benzene ring substituents is 1. The Balaban J connectivity index is 2.61. The zero-order valence-corrected chi connectivity index (χ0v) is 13.4. The van der Waals surface area contributed by atoms with Crippen LogP contribution in [0.2, 0.25) is 0 Å². The second kappa shape index (κ2) is 5.66. The molecule has 0 N–H and O–H groups in total.